The molecule has 1 rings (SSSR count). The quantitative estimate of drug-likeness (QED) is 0.756. The molecule has 70 valence electrons. The highest BCUT2D eigenvalue weighted by molar-refractivity contribution is 5.94. The van der Waals surface area contributed by atoms with Crippen molar-refractivity contribution in [1.29, 1.82) is 0 Å². The fraction of sp³-hybridized carbons (Fsp3) is 0.222. The van der Waals surface area contributed by atoms with E-state index in [1.54, 1.807) is 19.0 Å². The second kappa shape index (κ2) is 3.43. The van der Waals surface area contributed by atoms with Crippen LogP contribution in [0.3, 0.4) is 0 Å². The topological polar surface area (TPSA) is 40.5 Å². The molecule has 0 spiro atoms. The molecule has 0 saturated carbocycles. The number of carboxylic acids is 1. The summed E-state index contributed by atoms with van der Waals surface area (Å²) in [6.07, 6.45) is 0. The SMILES string of the molecule is CN(C)c1ccc(F)cc1C(=O)O. The predicted octanol–water partition coefficient (Wildman–Crippen LogP) is 1.59. The van der Waals surface area contributed by atoms with Gasteiger partial charge in [0, 0.05) is 14.1 Å². The summed E-state index contributed by atoms with van der Waals surface area (Å²) in [5, 5.41) is 8.75. The molecule has 0 aliphatic carbocycles. The van der Waals surface area contributed by atoms with Crippen molar-refractivity contribution in [2.24, 2.45) is 0 Å². The monoisotopic (exact) mass is 183 g/mol. The normalized spacial score (nSPS) is 9.77. The van der Waals surface area contributed by atoms with Crippen molar-refractivity contribution < 1.29 is 14.3 Å². The van der Waals surface area contributed by atoms with Gasteiger partial charge in [-0.15, -0.1) is 0 Å². The summed E-state index contributed by atoms with van der Waals surface area (Å²) in [6, 6.07) is 3.69. The maximum absolute atomic E-state index is 12.7. The van der Waals surface area contributed by atoms with Crippen LogP contribution in [-0.2, 0) is 0 Å². The van der Waals surface area contributed by atoms with Gasteiger partial charge in [0.15, 0.2) is 0 Å². The minimum absolute atomic E-state index is 0.0231. The van der Waals surface area contributed by atoms with Gasteiger partial charge in [-0.3, -0.25) is 0 Å². The van der Waals surface area contributed by atoms with Crippen LogP contribution in [-0.4, -0.2) is 25.2 Å². The van der Waals surface area contributed by atoms with Crippen molar-refractivity contribution in [3.05, 3.63) is 29.6 Å². The molecule has 0 aliphatic heterocycles. The maximum Gasteiger partial charge on any atom is 0.337 e. The molecule has 4 heteroatoms. The molecule has 0 aliphatic rings. The van der Waals surface area contributed by atoms with Gasteiger partial charge >= 0.3 is 5.97 Å². The van der Waals surface area contributed by atoms with Gasteiger partial charge in [-0.2, -0.15) is 0 Å². The van der Waals surface area contributed by atoms with Crippen molar-refractivity contribution in [3.8, 4) is 0 Å². The number of hydrogen-bond acceptors (Lipinski definition) is 2. The number of carboxylic acid groups (broad SMARTS) is 1. The van der Waals surface area contributed by atoms with Crippen LogP contribution in [0.25, 0.3) is 0 Å². The van der Waals surface area contributed by atoms with Crippen molar-refractivity contribution in [2.75, 3.05) is 19.0 Å². The first kappa shape index (κ1) is 9.51. The molecule has 0 atom stereocenters. The van der Waals surface area contributed by atoms with Gasteiger partial charge in [0.1, 0.15) is 5.82 Å². The van der Waals surface area contributed by atoms with Crippen molar-refractivity contribution >= 4 is 11.7 Å². The highest BCUT2D eigenvalue weighted by Gasteiger charge is 2.11. The summed E-state index contributed by atoms with van der Waals surface area (Å²) in [5.74, 6) is -1.66. The lowest BCUT2D eigenvalue weighted by Crippen LogP contribution is -2.13. The van der Waals surface area contributed by atoms with Gasteiger partial charge in [0.2, 0.25) is 0 Å². The van der Waals surface area contributed by atoms with Crippen LogP contribution in [0.2, 0.25) is 0 Å². The Hall–Kier alpha value is -1.58. The van der Waals surface area contributed by atoms with E-state index in [0.717, 1.165) is 6.07 Å². The van der Waals surface area contributed by atoms with Crippen LogP contribution in [0.1, 0.15) is 10.4 Å². The Balaban J connectivity index is 3.27. The number of nitrogens with zero attached hydrogens (tertiary/aromatic N) is 1. The Kier molecular flexibility index (Phi) is 2.51. The lowest BCUT2D eigenvalue weighted by atomic mass is 10.1. The molecule has 0 bridgehead atoms. The third-order valence-corrected chi connectivity index (χ3v) is 1.67. The number of carbonyl (C=O) groups is 1. The van der Waals surface area contributed by atoms with Gasteiger partial charge in [0.25, 0.3) is 0 Å². The Labute approximate surface area is 75.4 Å². The summed E-state index contributed by atoms with van der Waals surface area (Å²) in [7, 11) is 3.42. The smallest absolute Gasteiger partial charge is 0.337 e. The summed E-state index contributed by atoms with van der Waals surface area (Å²) >= 11 is 0. The van der Waals surface area contributed by atoms with Crippen LogP contribution in [0, 0.1) is 5.82 Å². The first-order valence-corrected chi connectivity index (χ1v) is 3.72. The Morgan fingerprint density at radius 3 is 2.54 bits per heavy atom. The standard InChI is InChI=1S/C9H10FNO2/c1-11(2)8-4-3-6(10)5-7(8)9(12)13/h3-5H,1-2H3,(H,12,13). The minimum Gasteiger partial charge on any atom is -0.478 e. The largest absolute Gasteiger partial charge is 0.478 e. The van der Waals surface area contributed by atoms with Crippen LogP contribution in [0.4, 0.5) is 10.1 Å². The Morgan fingerprint density at radius 2 is 2.08 bits per heavy atom. The first-order chi connectivity index (χ1) is 6.02. The third kappa shape index (κ3) is 1.96. The number of hydrogen-bond donors (Lipinski definition) is 1. The zero-order chi connectivity index (χ0) is 10.0. The van der Waals surface area contributed by atoms with Crippen LogP contribution < -0.4 is 4.90 Å². The first-order valence-electron chi connectivity index (χ1n) is 3.72. The second-order valence-corrected chi connectivity index (χ2v) is 2.86. The van der Waals surface area contributed by atoms with Gasteiger partial charge in [-0.1, -0.05) is 0 Å². The van der Waals surface area contributed by atoms with E-state index in [9.17, 15) is 9.18 Å². The van der Waals surface area contributed by atoms with Crippen molar-refractivity contribution in [1.82, 2.24) is 0 Å². The number of benzene rings is 1. The Morgan fingerprint density at radius 1 is 1.46 bits per heavy atom. The predicted molar refractivity (Wildman–Crippen MR) is 47.7 cm³/mol. The zero-order valence-corrected chi connectivity index (χ0v) is 7.41. The Bertz CT molecular complexity index is 336. The lowest BCUT2D eigenvalue weighted by Gasteiger charge is -2.14. The molecule has 0 amide bonds. The molecule has 0 saturated heterocycles. The molecule has 0 fully saturated rings. The van der Waals surface area contributed by atoms with Crippen molar-refractivity contribution in [2.45, 2.75) is 0 Å². The molecule has 0 radical (unpaired) electrons. The van der Waals surface area contributed by atoms with E-state index in [4.69, 9.17) is 5.11 Å². The molecular weight excluding hydrogens is 173 g/mol. The van der Waals surface area contributed by atoms with E-state index in [1.807, 2.05) is 0 Å². The van der Waals surface area contributed by atoms with E-state index in [1.165, 1.54) is 12.1 Å². The average molecular weight is 183 g/mol. The summed E-state index contributed by atoms with van der Waals surface area (Å²) in [6.45, 7) is 0. The zero-order valence-electron chi connectivity index (χ0n) is 7.41. The molecule has 3 nitrogen and oxygen atoms in total. The van der Waals surface area contributed by atoms with Gasteiger partial charge in [0.05, 0.1) is 11.3 Å². The minimum atomic E-state index is -1.12. The lowest BCUT2D eigenvalue weighted by molar-refractivity contribution is 0.0697. The van der Waals surface area contributed by atoms with Gasteiger partial charge in [-0.05, 0) is 18.2 Å². The van der Waals surface area contributed by atoms with E-state index in [0.29, 0.717) is 5.69 Å². The van der Waals surface area contributed by atoms with E-state index in [-0.39, 0.29) is 5.56 Å². The fourth-order valence-electron chi connectivity index (χ4n) is 1.07. The number of halogens is 1. The third-order valence-electron chi connectivity index (χ3n) is 1.67. The molecule has 1 aromatic carbocycles. The molecule has 0 aromatic heterocycles. The highest BCUT2D eigenvalue weighted by atomic mass is 19.1. The molecule has 0 unspecified atom stereocenters. The van der Waals surface area contributed by atoms with E-state index >= 15 is 0 Å². The number of aromatic carboxylic acids is 1. The van der Waals surface area contributed by atoms with E-state index < -0.39 is 11.8 Å². The number of anilines is 1. The highest BCUT2D eigenvalue weighted by Crippen LogP contribution is 2.19. The average Bonchev–Trinajstić information content (AvgIpc) is 2.03. The van der Waals surface area contributed by atoms with Crippen LogP contribution >= 0.6 is 0 Å². The second-order valence-electron chi connectivity index (χ2n) is 2.86. The fourth-order valence-corrected chi connectivity index (χ4v) is 1.07. The summed E-state index contributed by atoms with van der Waals surface area (Å²) in [4.78, 5) is 12.3. The summed E-state index contributed by atoms with van der Waals surface area (Å²) < 4.78 is 12.7. The molecule has 13 heavy (non-hydrogen) atoms. The molecule has 0 heterocycles. The molecule has 1 N–H and O–H groups in total. The van der Waals surface area contributed by atoms with Crippen LogP contribution in [0.5, 0.6) is 0 Å². The van der Waals surface area contributed by atoms with Gasteiger partial charge < -0.3 is 10.0 Å². The van der Waals surface area contributed by atoms with Crippen molar-refractivity contribution in [3.63, 3.8) is 0 Å². The van der Waals surface area contributed by atoms with E-state index in [2.05, 4.69) is 0 Å². The van der Waals surface area contributed by atoms with Crippen LogP contribution in [0.15, 0.2) is 18.2 Å². The molecule has 1 aromatic rings. The molecular formula is C9H10FNO2. The van der Waals surface area contributed by atoms with Gasteiger partial charge in [-0.25, -0.2) is 9.18 Å². The number of rotatable bonds is 2. The maximum atomic E-state index is 12.7. The summed E-state index contributed by atoms with van der Waals surface area (Å²) in [5.41, 5.74) is 0.471.